The third-order valence-electron chi connectivity index (χ3n) is 5.41. The normalized spacial score (nSPS) is 22.2. The molecule has 2 aliphatic heterocycles. The Morgan fingerprint density at radius 1 is 1.20 bits per heavy atom. The standard InChI is InChI=1S/C20H31N3O2/c1-21(2)12-13-25-18-8-10-23(11-9-18)20(24)19-14-16-6-4-5-7-17(16)15-22(19)3/h4-7,18-19H,8-15H2,1-3H3/t19-/m1/s1. The second kappa shape index (κ2) is 8.30. The number of ether oxygens (including phenoxy) is 1. The van der Waals surface area contributed by atoms with Crippen LogP contribution in [0.2, 0.25) is 0 Å². The highest BCUT2D eigenvalue weighted by Crippen LogP contribution is 2.24. The zero-order valence-electron chi connectivity index (χ0n) is 15.8. The molecule has 5 nitrogen and oxygen atoms in total. The first-order chi connectivity index (χ1) is 12.0. The van der Waals surface area contributed by atoms with E-state index in [0.29, 0.717) is 6.10 Å². The van der Waals surface area contributed by atoms with Gasteiger partial charge < -0.3 is 14.5 Å². The van der Waals surface area contributed by atoms with Crippen molar-refractivity contribution in [3.63, 3.8) is 0 Å². The van der Waals surface area contributed by atoms with E-state index in [1.54, 1.807) is 0 Å². The van der Waals surface area contributed by atoms with Crippen LogP contribution in [-0.2, 0) is 22.5 Å². The number of likely N-dealkylation sites (tertiary alicyclic amines) is 1. The SMILES string of the molecule is CN(C)CCOC1CCN(C(=O)[C@H]2Cc3ccccc3CN2C)CC1. The average molecular weight is 345 g/mol. The van der Waals surface area contributed by atoms with E-state index in [9.17, 15) is 4.79 Å². The van der Waals surface area contributed by atoms with E-state index in [0.717, 1.165) is 52.0 Å². The van der Waals surface area contributed by atoms with Crippen LogP contribution in [0.3, 0.4) is 0 Å². The molecule has 5 heteroatoms. The van der Waals surface area contributed by atoms with Crippen molar-refractivity contribution in [2.75, 3.05) is 47.4 Å². The van der Waals surface area contributed by atoms with Gasteiger partial charge in [0.25, 0.3) is 0 Å². The topological polar surface area (TPSA) is 36.0 Å². The highest BCUT2D eigenvalue weighted by molar-refractivity contribution is 5.82. The molecule has 1 fully saturated rings. The maximum atomic E-state index is 13.0. The lowest BCUT2D eigenvalue weighted by molar-refractivity contribution is -0.139. The Balaban J connectivity index is 1.51. The number of amides is 1. The summed E-state index contributed by atoms with van der Waals surface area (Å²) in [4.78, 5) is 19.4. The zero-order chi connectivity index (χ0) is 17.8. The zero-order valence-corrected chi connectivity index (χ0v) is 15.8. The summed E-state index contributed by atoms with van der Waals surface area (Å²) in [7, 11) is 6.18. The van der Waals surface area contributed by atoms with Crippen LogP contribution in [0.4, 0.5) is 0 Å². The molecule has 1 aromatic carbocycles. The number of carbonyl (C=O) groups excluding carboxylic acids is 1. The lowest BCUT2D eigenvalue weighted by Gasteiger charge is -2.39. The fourth-order valence-corrected chi connectivity index (χ4v) is 3.79. The number of hydrogen-bond acceptors (Lipinski definition) is 4. The largest absolute Gasteiger partial charge is 0.377 e. The predicted octanol–water partition coefficient (Wildman–Crippen LogP) is 1.61. The quantitative estimate of drug-likeness (QED) is 0.812. The number of hydrogen-bond donors (Lipinski definition) is 0. The van der Waals surface area contributed by atoms with Crippen LogP contribution >= 0.6 is 0 Å². The fraction of sp³-hybridized carbons (Fsp3) is 0.650. The van der Waals surface area contributed by atoms with Crippen molar-refractivity contribution in [3.05, 3.63) is 35.4 Å². The molecule has 2 aliphatic rings. The van der Waals surface area contributed by atoms with Crippen LogP contribution < -0.4 is 0 Å². The minimum Gasteiger partial charge on any atom is -0.377 e. The van der Waals surface area contributed by atoms with Gasteiger partial charge in [-0.05, 0) is 51.5 Å². The molecule has 0 spiro atoms. The average Bonchev–Trinajstić information content (AvgIpc) is 2.61. The van der Waals surface area contributed by atoms with Gasteiger partial charge in [-0.1, -0.05) is 24.3 Å². The van der Waals surface area contributed by atoms with Gasteiger partial charge in [-0.2, -0.15) is 0 Å². The van der Waals surface area contributed by atoms with E-state index < -0.39 is 0 Å². The van der Waals surface area contributed by atoms with Crippen LogP contribution in [-0.4, -0.2) is 80.1 Å². The van der Waals surface area contributed by atoms with Crippen molar-refractivity contribution < 1.29 is 9.53 Å². The Kier molecular flexibility index (Phi) is 6.10. The van der Waals surface area contributed by atoms with Gasteiger partial charge in [-0.25, -0.2) is 0 Å². The Morgan fingerprint density at radius 2 is 1.88 bits per heavy atom. The van der Waals surface area contributed by atoms with Crippen molar-refractivity contribution in [2.45, 2.75) is 38.0 Å². The summed E-state index contributed by atoms with van der Waals surface area (Å²) in [5.41, 5.74) is 2.67. The first-order valence-corrected chi connectivity index (χ1v) is 9.36. The predicted molar refractivity (Wildman–Crippen MR) is 99.5 cm³/mol. The summed E-state index contributed by atoms with van der Waals surface area (Å²) in [6.45, 7) is 4.21. The van der Waals surface area contributed by atoms with Gasteiger partial charge in [-0.3, -0.25) is 9.69 Å². The Bertz CT molecular complexity index is 582. The molecule has 0 bridgehead atoms. The summed E-state index contributed by atoms with van der Waals surface area (Å²) < 4.78 is 5.94. The molecule has 25 heavy (non-hydrogen) atoms. The first-order valence-electron chi connectivity index (χ1n) is 9.36. The Labute approximate surface area is 151 Å². The van der Waals surface area contributed by atoms with E-state index in [-0.39, 0.29) is 11.9 Å². The van der Waals surface area contributed by atoms with Crippen molar-refractivity contribution in [1.29, 1.82) is 0 Å². The van der Waals surface area contributed by atoms with Gasteiger partial charge in [-0.15, -0.1) is 0 Å². The van der Waals surface area contributed by atoms with Crippen LogP contribution in [0.15, 0.2) is 24.3 Å². The van der Waals surface area contributed by atoms with Gasteiger partial charge in [0.1, 0.15) is 0 Å². The van der Waals surface area contributed by atoms with Gasteiger partial charge in [0.05, 0.1) is 18.8 Å². The third kappa shape index (κ3) is 4.60. The molecule has 0 saturated carbocycles. The maximum Gasteiger partial charge on any atom is 0.240 e. The number of benzene rings is 1. The van der Waals surface area contributed by atoms with E-state index in [4.69, 9.17) is 4.74 Å². The number of carbonyl (C=O) groups is 1. The molecule has 1 atom stereocenters. The molecule has 0 aromatic heterocycles. The van der Waals surface area contributed by atoms with Gasteiger partial charge >= 0.3 is 0 Å². The molecule has 0 N–H and O–H groups in total. The summed E-state index contributed by atoms with van der Waals surface area (Å²) >= 11 is 0. The number of rotatable bonds is 5. The molecule has 2 heterocycles. The molecular weight excluding hydrogens is 314 g/mol. The van der Waals surface area contributed by atoms with E-state index >= 15 is 0 Å². The molecule has 0 unspecified atom stereocenters. The fourth-order valence-electron chi connectivity index (χ4n) is 3.79. The van der Waals surface area contributed by atoms with Crippen LogP contribution in [0.25, 0.3) is 0 Å². The molecular formula is C20H31N3O2. The molecule has 0 aliphatic carbocycles. The molecule has 3 rings (SSSR count). The van der Waals surface area contributed by atoms with Crippen LogP contribution in [0.5, 0.6) is 0 Å². The highest BCUT2D eigenvalue weighted by atomic mass is 16.5. The number of likely N-dealkylation sites (N-methyl/N-ethyl adjacent to an activating group) is 2. The highest BCUT2D eigenvalue weighted by Gasteiger charge is 2.33. The van der Waals surface area contributed by atoms with E-state index in [1.807, 2.05) is 4.90 Å². The van der Waals surface area contributed by atoms with Crippen molar-refractivity contribution >= 4 is 5.91 Å². The molecule has 1 aromatic rings. The third-order valence-corrected chi connectivity index (χ3v) is 5.41. The minimum atomic E-state index is -0.0268. The lowest BCUT2D eigenvalue weighted by Crippen LogP contribution is -2.52. The lowest BCUT2D eigenvalue weighted by atomic mass is 9.93. The van der Waals surface area contributed by atoms with Crippen molar-refractivity contribution in [2.24, 2.45) is 0 Å². The van der Waals surface area contributed by atoms with Gasteiger partial charge in [0.2, 0.25) is 5.91 Å². The number of fused-ring (bicyclic) bond motifs is 1. The Morgan fingerprint density at radius 3 is 2.56 bits per heavy atom. The van der Waals surface area contributed by atoms with Crippen molar-refractivity contribution in [3.8, 4) is 0 Å². The smallest absolute Gasteiger partial charge is 0.240 e. The monoisotopic (exact) mass is 345 g/mol. The van der Waals surface area contributed by atoms with E-state index in [1.165, 1.54) is 11.1 Å². The van der Waals surface area contributed by atoms with E-state index in [2.05, 4.69) is 55.2 Å². The first kappa shape index (κ1) is 18.4. The second-order valence-corrected chi connectivity index (χ2v) is 7.60. The number of piperidine rings is 1. The minimum absolute atomic E-state index is 0.0268. The summed E-state index contributed by atoms with van der Waals surface area (Å²) in [5.74, 6) is 0.281. The molecule has 1 amide bonds. The van der Waals surface area contributed by atoms with Crippen LogP contribution in [0, 0.1) is 0 Å². The summed E-state index contributed by atoms with van der Waals surface area (Å²) in [5, 5.41) is 0. The number of nitrogens with zero attached hydrogens (tertiary/aromatic N) is 3. The van der Waals surface area contributed by atoms with Gasteiger partial charge in [0.15, 0.2) is 0 Å². The van der Waals surface area contributed by atoms with Crippen molar-refractivity contribution in [1.82, 2.24) is 14.7 Å². The molecule has 138 valence electrons. The molecule has 1 saturated heterocycles. The second-order valence-electron chi connectivity index (χ2n) is 7.60. The summed E-state index contributed by atoms with van der Waals surface area (Å²) in [6, 6.07) is 8.45. The molecule has 0 radical (unpaired) electrons. The maximum absolute atomic E-state index is 13.0. The summed E-state index contributed by atoms with van der Waals surface area (Å²) in [6.07, 6.45) is 3.03. The van der Waals surface area contributed by atoms with Gasteiger partial charge in [0, 0.05) is 26.2 Å². The van der Waals surface area contributed by atoms with Crippen LogP contribution in [0.1, 0.15) is 24.0 Å². The Hall–Kier alpha value is -1.43.